The van der Waals surface area contributed by atoms with E-state index in [0.717, 1.165) is 32.1 Å². The molecular weight excluding hydrogens is 302 g/mol. The molecule has 1 unspecified atom stereocenters. The summed E-state index contributed by atoms with van der Waals surface area (Å²) in [6, 6.07) is 10.3. The van der Waals surface area contributed by atoms with Gasteiger partial charge in [0.05, 0.1) is 5.60 Å². The number of hydrogen-bond donors (Lipinski definition) is 3. The van der Waals surface area contributed by atoms with Crippen LogP contribution in [0.25, 0.3) is 0 Å². The topological polar surface area (TPSA) is 64.6 Å². The van der Waals surface area contributed by atoms with E-state index in [9.17, 15) is 9.90 Å². The van der Waals surface area contributed by atoms with Gasteiger partial charge in [-0.1, -0.05) is 49.6 Å². The van der Waals surface area contributed by atoms with Crippen LogP contribution in [0, 0.1) is 0 Å². The smallest absolute Gasteiger partial charge is 0.314 e. The van der Waals surface area contributed by atoms with Crippen LogP contribution in [0.2, 0.25) is 0 Å². The SMILES string of the molecule is CN(C)C(CNC(=O)NCC1(O)CCCCC1)Cc1ccccc1. The highest BCUT2D eigenvalue weighted by atomic mass is 16.3. The van der Waals surface area contributed by atoms with Gasteiger partial charge in [0.25, 0.3) is 0 Å². The van der Waals surface area contributed by atoms with Crippen LogP contribution < -0.4 is 10.6 Å². The van der Waals surface area contributed by atoms with Crippen molar-refractivity contribution >= 4 is 6.03 Å². The van der Waals surface area contributed by atoms with Gasteiger partial charge in [0.15, 0.2) is 0 Å². The van der Waals surface area contributed by atoms with Gasteiger partial charge in [0.1, 0.15) is 0 Å². The molecule has 24 heavy (non-hydrogen) atoms. The second-order valence-electron chi connectivity index (χ2n) is 7.16. The molecule has 1 fully saturated rings. The van der Waals surface area contributed by atoms with E-state index in [4.69, 9.17) is 0 Å². The zero-order valence-electron chi connectivity index (χ0n) is 14.9. The third-order valence-corrected chi connectivity index (χ3v) is 4.90. The quantitative estimate of drug-likeness (QED) is 0.716. The van der Waals surface area contributed by atoms with Crippen LogP contribution in [0.3, 0.4) is 0 Å². The molecule has 3 N–H and O–H groups in total. The first kappa shape index (κ1) is 18.7. The third-order valence-electron chi connectivity index (χ3n) is 4.90. The summed E-state index contributed by atoms with van der Waals surface area (Å²) in [5, 5.41) is 16.2. The third kappa shape index (κ3) is 6.13. The van der Waals surface area contributed by atoms with Gasteiger partial charge >= 0.3 is 6.03 Å². The second kappa shape index (κ2) is 9.04. The number of benzene rings is 1. The molecule has 1 aromatic rings. The Balaban J connectivity index is 1.75. The summed E-state index contributed by atoms with van der Waals surface area (Å²) in [5.41, 5.74) is 0.538. The van der Waals surface area contributed by atoms with Crippen LogP contribution in [-0.2, 0) is 6.42 Å². The number of carbonyl (C=O) groups excluding carboxylic acids is 1. The molecule has 0 radical (unpaired) electrons. The maximum atomic E-state index is 12.1. The molecule has 1 aliphatic carbocycles. The van der Waals surface area contributed by atoms with Crippen LogP contribution in [0.4, 0.5) is 4.79 Å². The van der Waals surface area contributed by atoms with E-state index in [1.54, 1.807) is 0 Å². The summed E-state index contributed by atoms with van der Waals surface area (Å²) in [5.74, 6) is 0. The maximum Gasteiger partial charge on any atom is 0.314 e. The largest absolute Gasteiger partial charge is 0.388 e. The van der Waals surface area contributed by atoms with E-state index < -0.39 is 5.60 Å². The van der Waals surface area contributed by atoms with Crippen LogP contribution in [0.5, 0.6) is 0 Å². The van der Waals surface area contributed by atoms with E-state index in [0.29, 0.717) is 13.1 Å². The Morgan fingerprint density at radius 2 is 1.83 bits per heavy atom. The summed E-state index contributed by atoms with van der Waals surface area (Å²) < 4.78 is 0. The Morgan fingerprint density at radius 1 is 1.17 bits per heavy atom. The molecule has 134 valence electrons. The van der Waals surface area contributed by atoms with Crippen molar-refractivity contribution in [3.8, 4) is 0 Å². The van der Waals surface area contributed by atoms with Crippen molar-refractivity contribution < 1.29 is 9.90 Å². The van der Waals surface area contributed by atoms with Crippen LogP contribution in [0.1, 0.15) is 37.7 Å². The average Bonchev–Trinajstić information content (AvgIpc) is 2.58. The summed E-state index contributed by atoms with van der Waals surface area (Å²) in [6.07, 6.45) is 5.71. The Hall–Kier alpha value is -1.59. The van der Waals surface area contributed by atoms with Crippen molar-refractivity contribution in [1.82, 2.24) is 15.5 Å². The van der Waals surface area contributed by atoms with Gasteiger partial charge in [-0.2, -0.15) is 0 Å². The summed E-state index contributed by atoms with van der Waals surface area (Å²) in [6.45, 7) is 0.913. The molecule has 1 aromatic carbocycles. The molecule has 1 aliphatic rings. The molecule has 1 atom stereocenters. The zero-order valence-corrected chi connectivity index (χ0v) is 14.9. The molecular formula is C19H31N3O2. The van der Waals surface area contributed by atoms with Crippen molar-refractivity contribution in [1.29, 1.82) is 0 Å². The van der Waals surface area contributed by atoms with Crippen molar-refractivity contribution in [3.05, 3.63) is 35.9 Å². The van der Waals surface area contributed by atoms with Crippen molar-refractivity contribution in [2.45, 2.75) is 50.2 Å². The number of aliphatic hydroxyl groups is 1. The molecule has 0 aromatic heterocycles. The van der Waals surface area contributed by atoms with Gasteiger partial charge in [-0.25, -0.2) is 4.79 Å². The fraction of sp³-hybridized carbons (Fsp3) is 0.632. The molecule has 0 heterocycles. The lowest BCUT2D eigenvalue weighted by molar-refractivity contribution is 0.00717. The molecule has 0 spiro atoms. The maximum absolute atomic E-state index is 12.1. The Morgan fingerprint density at radius 3 is 2.46 bits per heavy atom. The first-order valence-electron chi connectivity index (χ1n) is 8.93. The monoisotopic (exact) mass is 333 g/mol. The summed E-state index contributed by atoms with van der Waals surface area (Å²) in [4.78, 5) is 14.2. The second-order valence-corrected chi connectivity index (χ2v) is 7.16. The number of hydrogen-bond acceptors (Lipinski definition) is 3. The fourth-order valence-corrected chi connectivity index (χ4v) is 3.23. The molecule has 5 heteroatoms. The van der Waals surface area contributed by atoms with Crippen LogP contribution in [-0.4, -0.2) is 54.9 Å². The van der Waals surface area contributed by atoms with Crippen LogP contribution >= 0.6 is 0 Å². The number of nitrogens with one attached hydrogen (secondary N) is 2. The average molecular weight is 333 g/mol. The normalized spacial score (nSPS) is 18.2. The van der Waals surface area contributed by atoms with Gasteiger partial charge in [0, 0.05) is 19.1 Å². The lowest BCUT2D eigenvalue weighted by Crippen LogP contribution is -2.50. The molecule has 1 saturated carbocycles. The highest BCUT2D eigenvalue weighted by molar-refractivity contribution is 5.73. The minimum Gasteiger partial charge on any atom is -0.388 e. The van der Waals surface area contributed by atoms with Crippen molar-refractivity contribution in [3.63, 3.8) is 0 Å². The first-order chi connectivity index (χ1) is 11.5. The Kier molecular flexibility index (Phi) is 7.06. The standard InChI is InChI=1S/C19H31N3O2/c1-22(2)17(13-16-9-5-3-6-10-16)14-20-18(23)21-15-19(24)11-7-4-8-12-19/h3,5-6,9-10,17,24H,4,7-8,11-15H2,1-2H3,(H2,20,21,23). The number of urea groups is 1. The van der Waals surface area contributed by atoms with E-state index in [1.807, 2.05) is 32.3 Å². The molecule has 0 saturated heterocycles. The van der Waals surface area contributed by atoms with Crippen LogP contribution in [0.15, 0.2) is 30.3 Å². The summed E-state index contributed by atoms with van der Waals surface area (Å²) >= 11 is 0. The Labute approximate surface area is 145 Å². The lowest BCUT2D eigenvalue weighted by Gasteiger charge is -2.32. The number of likely N-dealkylation sites (N-methyl/N-ethyl adjacent to an activating group) is 1. The lowest BCUT2D eigenvalue weighted by atomic mass is 9.85. The van der Waals surface area contributed by atoms with Gasteiger partial charge in [-0.15, -0.1) is 0 Å². The van der Waals surface area contributed by atoms with Gasteiger partial charge in [-0.3, -0.25) is 0 Å². The zero-order chi connectivity index (χ0) is 17.4. The first-order valence-corrected chi connectivity index (χ1v) is 8.93. The predicted molar refractivity (Wildman–Crippen MR) is 97.1 cm³/mol. The van der Waals surface area contributed by atoms with E-state index in [-0.39, 0.29) is 12.1 Å². The van der Waals surface area contributed by atoms with E-state index in [1.165, 1.54) is 12.0 Å². The van der Waals surface area contributed by atoms with Gasteiger partial charge < -0.3 is 20.6 Å². The molecule has 0 bridgehead atoms. The van der Waals surface area contributed by atoms with E-state index >= 15 is 0 Å². The van der Waals surface area contributed by atoms with E-state index in [2.05, 4.69) is 27.7 Å². The van der Waals surface area contributed by atoms with Crippen molar-refractivity contribution in [2.75, 3.05) is 27.2 Å². The highest BCUT2D eigenvalue weighted by Crippen LogP contribution is 2.27. The number of carbonyl (C=O) groups is 1. The molecule has 2 amide bonds. The number of amides is 2. The van der Waals surface area contributed by atoms with Gasteiger partial charge in [-0.05, 0) is 38.9 Å². The minimum atomic E-state index is -0.722. The molecule has 5 nitrogen and oxygen atoms in total. The number of rotatable bonds is 7. The molecule has 0 aliphatic heterocycles. The minimum absolute atomic E-state index is 0.200. The predicted octanol–water partition coefficient (Wildman–Crippen LogP) is 2.15. The van der Waals surface area contributed by atoms with Crippen molar-refractivity contribution in [2.24, 2.45) is 0 Å². The highest BCUT2D eigenvalue weighted by Gasteiger charge is 2.29. The fourth-order valence-electron chi connectivity index (χ4n) is 3.23. The molecule has 2 rings (SSSR count). The summed E-state index contributed by atoms with van der Waals surface area (Å²) in [7, 11) is 4.05. The Bertz CT molecular complexity index is 499. The number of nitrogens with zero attached hydrogens (tertiary/aromatic N) is 1. The van der Waals surface area contributed by atoms with Gasteiger partial charge in [0.2, 0.25) is 0 Å².